The SMILES string of the molecule is COc1ccc(N=Nc2cc(OC)c(OC)c(OC)c2)cc1OC(=O)N1CCCCC1CNC(=O)CCC(C)C.N.O=C([O-])C(F)(F)F. The van der Waals surface area contributed by atoms with Gasteiger partial charge in [0.2, 0.25) is 11.7 Å². The summed E-state index contributed by atoms with van der Waals surface area (Å²) in [5.41, 5.74) is 0.931. The van der Waals surface area contributed by atoms with Gasteiger partial charge in [0.15, 0.2) is 23.0 Å². The molecule has 2 aromatic rings. The first-order chi connectivity index (χ1) is 22.2. The van der Waals surface area contributed by atoms with Gasteiger partial charge in [-0.05, 0) is 43.7 Å². The van der Waals surface area contributed by atoms with Crippen LogP contribution < -0.4 is 40.3 Å². The molecule has 2 aromatic carbocycles. The van der Waals surface area contributed by atoms with Gasteiger partial charge in [-0.15, -0.1) is 0 Å². The molecule has 0 saturated carbocycles. The quantitative estimate of drug-likeness (QED) is 0.269. The van der Waals surface area contributed by atoms with E-state index >= 15 is 0 Å². The van der Waals surface area contributed by atoms with Crippen LogP contribution in [0.1, 0.15) is 46.0 Å². The van der Waals surface area contributed by atoms with Crippen LogP contribution in [0.2, 0.25) is 0 Å². The zero-order valence-electron chi connectivity index (χ0n) is 27.8. The molecule has 1 aliphatic rings. The highest BCUT2D eigenvalue weighted by Crippen LogP contribution is 2.41. The fraction of sp³-hybridized carbons (Fsp3) is 0.516. The number of halogens is 3. The third kappa shape index (κ3) is 12.8. The standard InChI is InChI=1S/C29H40N4O7.C2HF3O2.H3N/c1-19(2)10-13-27(34)30-18-22-9-7-8-14-33(22)29(35)40-24-15-20(11-12-23(24)36-3)31-32-21-16-25(37-4)28(39-6)26(17-21)38-5;3-2(4,5)1(6)7;/h11-12,15-17,19,22H,7-10,13-14,18H2,1-6H3,(H,30,34);(H,6,7);1H3/p-1. The molecular weight excluding hydrogens is 643 g/mol. The van der Waals surface area contributed by atoms with Crippen molar-refractivity contribution < 1.29 is 56.3 Å². The van der Waals surface area contributed by atoms with Crippen LogP contribution in [0.15, 0.2) is 40.6 Å². The Balaban J connectivity index is 0.00000130. The average Bonchev–Trinajstić information content (AvgIpc) is 3.04. The van der Waals surface area contributed by atoms with Gasteiger partial charge in [-0.3, -0.25) is 4.79 Å². The van der Waals surface area contributed by atoms with E-state index < -0.39 is 18.2 Å². The number of amides is 2. The maximum atomic E-state index is 13.2. The Bertz CT molecular complexity index is 1360. The lowest BCUT2D eigenvalue weighted by molar-refractivity contribution is -0.344. The molecule has 1 unspecified atom stereocenters. The molecule has 0 radical (unpaired) electrons. The van der Waals surface area contributed by atoms with Crippen molar-refractivity contribution in [1.29, 1.82) is 0 Å². The molecule has 1 heterocycles. The monoisotopic (exact) mass is 686 g/mol. The molecule has 3 rings (SSSR count). The Labute approximate surface area is 277 Å². The lowest BCUT2D eigenvalue weighted by Gasteiger charge is -2.35. The second kappa shape index (κ2) is 19.8. The number of rotatable bonds is 12. The number of methoxy groups -OCH3 is 4. The molecule has 4 N–H and O–H groups in total. The molecule has 1 fully saturated rings. The molecule has 0 spiro atoms. The van der Waals surface area contributed by atoms with Gasteiger partial charge in [-0.2, -0.15) is 23.4 Å². The van der Waals surface area contributed by atoms with Crippen molar-refractivity contribution in [2.75, 3.05) is 41.5 Å². The van der Waals surface area contributed by atoms with Gasteiger partial charge in [-0.1, -0.05) is 13.8 Å². The van der Waals surface area contributed by atoms with Crippen molar-refractivity contribution in [3.63, 3.8) is 0 Å². The third-order valence-corrected chi connectivity index (χ3v) is 6.85. The van der Waals surface area contributed by atoms with Crippen molar-refractivity contribution in [3.8, 4) is 28.7 Å². The summed E-state index contributed by atoms with van der Waals surface area (Å²) in [6.07, 6.45) is -1.75. The summed E-state index contributed by atoms with van der Waals surface area (Å²) in [6, 6.07) is 8.16. The highest BCUT2D eigenvalue weighted by atomic mass is 19.4. The Morgan fingerprint density at radius 1 is 0.917 bits per heavy atom. The fourth-order valence-corrected chi connectivity index (χ4v) is 4.39. The number of likely N-dealkylation sites (tertiary alicyclic amines) is 1. The number of carboxylic acids is 1. The zero-order chi connectivity index (χ0) is 35.1. The molecule has 0 aromatic heterocycles. The number of alkyl halides is 3. The summed E-state index contributed by atoms with van der Waals surface area (Å²) in [5.74, 6) is -0.589. The highest BCUT2D eigenvalue weighted by molar-refractivity contribution is 5.76. The number of aliphatic carboxylic acids is 1. The summed E-state index contributed by atoms with van der Waals surface area (Å²) in [6.45, 7) is 5.12. The summed E-state index contributed by atoms with van der Waals surface area (Å²) < 4.78 is 58.8. The molecule has 0 bridgehead atoms. The normalized spacial score (nSPS) is 14.3. The molecule has 268 valence electrons. The lowest BCUT2D eigenvalue weighted by Crippen LogP contribution is -2.50. The topological polar surface area (TPSA) is 195 Å². The predicted octanol–water partition coefficient (Wildman–Crippen LogP) is 5.50. The summed E-state index contributed by atoms with van der Waals surface area (Å²) >= 11 is 0. The van der Waals surface area contributed by atoms with Crippen molar-refractivity contribution >= 4 is 29.3 Å². The fourth-order valence-electron chi connectivity index (χ4n) is 4.39. The molecule has 0 aliphatic carbocycles. The minimum absolute atomic E-state index is 0. The van der Waals surface area contributed by atoms with Gasteiger partial charge >= 0.3 is 12.3 Å². The zero-order valence-corrected chi connectivity index (χ0v) is 27.8. The van der Waals surface area contributed by atoms with E-state index in [0.29, 0.717) is 59.8 Å². The van der Waals surface area contributed by atoms with E-state index in [0.717, 1.165) is 25.7 Å². The van der Waals surface area contributed by atoms with Crippen LogP contribution in [0.4, 0.5) is 29.3 Å². The number of nitrogens with zero attached hydrogens (tertiary/aromatic N) is 3. The van der Waals surface area contributed by atoms with E-state index in [1.165, 1.54) is 28.4 Å². The Morgan fingerprint density at radius 2 is 1.48 bits per heavy atom. The molecule has 2 amide bonds. The molecule has 17 heteroatoms. The van der Waals surface area contributed by atoms with Crippen molar-refractivity contribution in [3.05, 3.63) is 30.3 Å². The molecular formula is C31H43F3N5O9-. The molecule has 14 nitrogen and oxygen atoms in total. The summed E-state index contributed by atoms with van der Waals surface area (Å²) in [7, 11) is 6.07. The number of carboxylic acid groups (broad SMARTS) is 1. The van der Waals surface area contributed by atoms with Gasteiger partial charge in [0.05, 0.1) is 45.9 Å². The number of carbonyl (C=O) groups excluding carboxylic acids is 3. The van der Waals surface area contributed by atoms with Crippen LogP contribution in [0.5, 0.6) is 28.7 Å². The van der Waals surface area contributed by atoms with E-state index in [-0.39, 0.29) is 23.8 Å². The van der Waals surface area contributed by atoms with Gasteiger partial charge < -0.3 is 50.0 Å². The number of ether oxygens (including phenoxy) is 5. The number of piperidine rings is 1. The lowest BCUT2D eigenvalue weighted by atomic mass is 10.0. The van der Waals surface area contributed by atoms with Crippen LogP contribution in [-0.2, 0) is 9.59 Å². The number of hydrogen-bond donors (Lipinski definition) is 2. The average molecular weight is 687 g/mol. The van der Waals surface area contributed by atoms with Crippen LogP contribution >= 0.6 is 0 Å². The van der Waals surface area contributed by atoms with E-state index in [4.69, 9.17) is 33.6 Å². The largest absolute Gasteiger partial charge is 0.542 e. The number of hydrogen-bond acceptors (Lipinski definition) is 12. The minimum Gasteiger partial charge on any atom is -0.542 e. The number of benzene rings is 2. The van der Waals surface area contributed by atoms with Gasteiger partial charge in [0.25, 0.3) is 0 Å². The highest BCUT2D eigenvalue weighted by Gasteiger charge is 2.30. The number of azo groups is 1. The maximum absolute atomic E-state index is 13.2. The van der Waals surface area contributed by atoms with E-state index in [1.54, 1.807) is 35.2 Å². The van der Waals surface area contributed by atoms with E-state index in [2.05, 4.69) is 29.4 Å². The first-order valence-electron chi connectivity index (χ1n) is 14.7. The predicted molar refractivity (Wildman–Crippen MR) is 167 cm³/mol. The second-order valence-electron chi connectivity index (χ2n) is 10.7. The Morgan fingerprint density at radius 3 is 2.00 bits per heavy atom. The van der Waals surface area contributed by atoms with Crippen molar-refractivity contribution in [1.82, 2.24) is 16.4 Å². The number of carbonyl (C=O) groups is 3. The minimum atomic E-state index is -5.19. The first kappa shape index (κ1) is 41.2. The molecule has 48 heavy (non-hydrogen) atoms. The van der Waals surface area contributed by atoms with Crippen LogP contribution in [-0.4, -0.2) is 76.6 Å². The first-order valence-corrected chi connectivity index (χ1v) is 14.7. The van der Waals surface area contributed by atoms with E-state index in [1.807, 2.05) is 0 Å². The van der Waals surface area contributed by atoms with Gasteiger partial charge in [-0.25, -0.2) is 4.79 Å². The van der Waals surface area contributed by atoms with E-state index in [9.17, 15) is 22.8 Å². The Kier molecular flexibility index (Phi) is 17.0. The molecule has 1 saturated heterocycles. The van der Waals surface area contributed by atoms with Gasteiger partial charge in [0, 0.05) is 37.7 Å². The maximum Gasteiger partial charge on any atom is 0.430 e. The van der Waals surface area contributed by atoms with Crippen LogP contribution in [0.3, 0.4) is 0 Å². The Hall–Kier alpha value is -4.80. The van der Waals surface area contributed by atoms with Gasteiger partial charge in [0.1, 0.15) is 5.97 Å². The van der Waals surface area contributed by atoms with Crippen LogP contribution in [0, 0.1) is 5.92 Å². The van der Waals surface area contributed by atoms with Crippen molar-refractivity contribution in [2.24, 2.45) is 16.1 Å². The van der Waals surface area contributed by atoms with Crippen LogP contribution in [0.25, 0.3) is 0 Å². The third-order valence-electron chi connectivity index (χ3n) is 6.85. The smallest absolute Gasteiger partial charge is 0.430 e. The van der Waals surface area contributed by atoms with Crippen molar-refractivity contribution in [2.45, 2.75) is 58.2 Å². The summed E-state index contributed by atoms with van der Waals surface area (Å²) in [5, 5.41) is 20.4. The molecule has 1 aliphatic heterocycles. The molecule has 1 atom stereocenters. The summed E-state index contributed by atoms with van der Waals surface area (Å²) in [4.78, 5) is 35.9. The number of nitrogens with one attached hydrogen (secondary N) is 1. The second-order valence-corrected chi connectivity index (χ2v) is 10.7.